The highest BCUT2D eigenvalue weighted by Crippen LogP contribution is 2.27. The summed E-state index contributed by atoms with van der Waals surface area (Å²) in [6, 6.07) is 5.47. The second-order valence-electron chi connectivity index (χ2n) is 5.98. The van der Waals surface area contributed by atoms with Crippen LogP contribution in [0.25, 0.3) is 0 Å². The highest BCUT2D eigenvalue weighted by molar-refractivity contribution is 5.81. The molecule has 0 spiro atoms. The number of hydrogen-bond donors (Lipinski definition) is 1. The number of halogens is 1. The molecule has 0 radical (unpaired) electrons. The Hall–Kier alpha value is -2.28. The first-order valence-corrected chi connectivity index (χ1v) is 7.74. The van der Waals surface area contributed by atoms with Crippen molar-refractivity contribution in [3.05, 3.63) is 48.3 Å². The molecule has 1 aromatic carbocycles. The Morgan fingerprint density at radius 1 is 1.39 bits per heavy atom. The fraction of sp³-hybridized carbons (Fsp3) is 0.438. The van der Waals surface area contributed by atoms with Crippen LogP contribution in [0.5, 0.6) is 0 Å². The second-order valence-corrected chi connectivity index (χ2v) is 5.98. The number of hydrogen-bond acceptors (Lipinski definition) is 4. The first kappa shape index (κ1) is 15.6. The predicted molar refractivity (Wildman–Crippen MR) is 82.7 cm³/mol. The van der Waals surface area contributed by atoms with Gasteiger partial charge in [-0.25, -0.2) is 9.37 Å². The third-order valence-corrected chi connectivity index (χ3v) is 4.28. The molecule has 122 valence electrons. The smallest absolute Gasteiger partial charge is 0.239 e. The van der Waals surface area contributed by atoms with Gasteiger partial charge in [0.2, 0.25) is 5.91 Å². The summed E-state index contributed by atoms with van der Waals surface area (Å²) in [7, 11) is 0. The van der Waals surface area contributed by atoms with Crippen molar-refractivity contribution in [1.82, 2.24) is 19.7 Å². The van der Waals surface area contributed by atoms with E-state index in [2.05, 4.69) is 15.0 Å². The number of carbonyl (C=O) groups is 1. The Balaban J connectivity index is 1.74. The van der Waals surface area contributed by atoms with Gasteiger partial charge in [-0.1, -0.05) is 12.1 Å². The van der Waals surface area contributed by atoms with Crippen molar-refractivity contribution in [2.24, 2.45) is 11.7 Å². The molecule has 2 atom stereocenters. The fourth-order valence-electron chi connectivity index (χ4n) is 3.27. The largest absolute Gasteiger partial charge is 0.368 e. The van der Waals surface area contributed by atoms with Gasteiger partial charge in [0.25, 0.3) is 0 Å². The lowest BCUT2D eigenvalue weighted by molar-refractivity contribution is -0.124. The first-order valence-electron chi connectivity index (χ1n) is 7.74. The van der Waals surface area contributed by atoms with Crippen LogP contribution in [0.4, 0.5) is 4.39 Å². The van der Waals surface area contributed by atoms with E-state index in [0.29, 0.717) is 5.92 Å². The van der Waals surface area contributed by atoms with Crippen LogP contribution in [0.1, 0.15) is 24.4 Å². The summed E-state index contributed by atoms with van der Waals surface area (Å²) in [5.74, 6) is -0.342. The van der Waals surface area contributed by atoms with Gasteiger partial charge in [-0.3, -0.25) is 14.4 Å². The quantitative estimate of drug-likeness (QED) is 0.903. The average Bonchev–Trinajstić information content (AvgIpc) is 3.02. The fourth-order valence-corrected chi connectivity index (χ4v) is 3.27. The summed E-state index contributed by atoms with van der Waals surface area (Å²) in [5, 5.41) is 4.14. The number of carbonyl (C=O) groups excluding carboxylic acids is 1. The number of nitrogens with zero attached hydrogens (tertiary/aromatic N) is 4. The van der Waals surface area contributed by atoms with Crippen molar-refractivity contribution in [1.29, 1.82) is 0 Å². The highest BCUT2D eigenvalue weighted by atomic mass is 19.1. The molecular weight excluding hydrogens is 297 g/mol. The Labute approximate surface area is 134 Å². The van der Waals surface area contributed by atoms with E-state index in [1.165, 1.54) is 18.5 Å². The Kier molecular flexibility index (Phi) is 4.66. The van der Waals surface area contributed by atoms with Crippen molar-refractivity contribution < 1.29 is 9.18 Å². The molecule has 1 aromatic heterocycles. The molecule has 3 rings (SSSR count). The molecule has 1 fully saturated rings. The van der Waals surface area contributed by atoms with Crippen LogP contribution in [-0.4, -0.2) is 38.7 Å². The molecule has 1 amide bonds. The van der Waals surface area contributed by atoms with E-state index in [-0.39, 0.29) is 5.82 Å². The van der Waals surface area contributed by atoms with E-state index in [1.807, 2.05) is 4.68 Å². The number of primary amides is 1. The summed E-state index contributed by atoms with van der Waals surface area (Å²) >= 11 is 0. The van der Waals surface area contributed by atoms with Crippen LogP contribution in [0, 0.1) is 11.7 Å². The monoisotopic (exact) mass is 317 g/mol. The van der Waals surface area contributed by atoms with Gasteiger partial charge in [0.05, 0.1) is 0 Å². The number of amides is 1. The molecule has 0 bridgehead atoms. The van der Waals surface area contributed by atoms with E-state index in [1.54, 1.807) is 18.5 Å². The summed E-state index contributed by atoms with van der Waals surface area (Å²) in [6.45, 7) is 2.33. The van der Waals surface area contributed by atoms with E-state index in [4.69, 9.17) is 5.73 Å². The third kappa shape index (κ3) is 3.73. The van der Waals surface area contributed by atoms with Gasteiger partial charge in [0, 0.05) is 13.1 Å². The molecule has 2 N–H and O–H groups in total. The molecule has 7 heteroatoms. The summed E-state index contributed by atoms with van der Waals surface area (Å²) in [6.07, 6.45) is 5.28. The molecule has 0 saturated carbocycles. The second kappa shape index (κ2) is 6.87. The zero-order valence-electron chi connectivity index (χ0n) is 12.8. The van der Waals surface area contributed by atoms with E-state index < -0.39 is 11.9 Å². The minimum absolute atomic E-state index is 0.320. The Morgan fingerprint density at radius 2 is 2.17 bits per heavy atom. The maximum Gasteiger partial charge on any atom is 0.239 e. The maximum absolute atomic E-state index is 13.1. The van der Waals surface area contributed by atoms with Crippen molar-refractivity contribution >= 4 is 5.91 Å². The molecule has 1 aliphatic heterocycles. The predicted octanol–water partition coefficient (Wildman–Crippen LogP) is 1.36. The molecule has 2 aromatic rings. The highest BCUT2D eigenvalue weighted by Gasteiger charge is 2.30. The van der Waals surface area contributed by atoms with Gasteiger partial charge >= 0.3 is 0 Å². The number of piperidine rings is 1. The molecule has 2 heterocycles. The standard InChI is InChI=1S/C16H20FN5O/c17-14-5-3-13(4-6-14)15(16(18)23)21-7-1-2-12(8-21)9-22-11-19-10-20-22/h3-6,10-12,15H,1-2,7-9H2,(H2,18,23)/t12-,15+/m1/s1. The Morgan fingerprint density at radius 3 is 2.83 bits per heavy atom. The number of rotatable bonds is 5. The number of nitrogens with two attached hydrogens (primary N) is 1. The van der Waals surface area contributed by atoms with Crippen LogP contribution < -0.4 is 5.73 Å². The molecule has 1 aliphatic rings. The zero-order chi connectivity index (χ0) is 16.2. The molecule has 1 saturated heterocycles. The lowest BCUT2D eigenvalue weighted by Crippen LogP contribution is -2.44. The van der Waals surface area contributed by atoms with Gasteiger partial charge in [-0.15, -0.1) is 0 Å². The third-order valence-electron chi connectivity index (χ3n) is 4.28. The minimum Gasteiger partial charge on any atom is -0.368 e. The molecule has 0 aliphatic carbocycles. The normalized spacial score (nSPS) is 20.3. The van der Waals surface area contributed by atoms with Crippen molar-refractivity contribution in [3.8, 4) is 0 Å². The number of likely N-dealkylation sites (tertiary alicyclic amines) is 1. The topological polar surface area (TPSA) is 77.0 Å². The van der Waals surface area contributed by atoms with Gasteiger partial charge in [0.15, 0.2) is 0 Å². The zero-order valence-corrected chi connectivity index (χ0v) is 12.8. The van der Waals surface area contributed by atoms with Crippen molar-refractivity contribution in [3.63, 3.8) is 0 Å². The van der Waals surface area contributed by atoms with Crippen LogP contribution in [-0.2, 0) is 11.3 Å². The van der Waals surface area contributed by atoms with Crippen molar-refractivity contribution in [2.75, 3.05) is 13.1 Å². The summed E-state index contributed by atoms with van der Waals surface area (Å²) in [5.41, 5.74) is 6.35. The lowest BCUT2D eigenvalue weighted by Gasteiger charge is -2.37. The van der Waals surface area contributed by atoms with E-state index in [9.17, 15) is 9.18 Å². The molecule has 0 unspecified atom stereocenters. The van der Waals surface area contributed by atoms with Gasteiger partial charge < -0.3 is 5.73 Å². The lowest BCUT2D eigenvalue weighted by atomic mass is 9.94. The van der Waals surface area contributed by atoms with Crippen molar-refractivity contribution in [2.45, 2.75) is 25.4 Å². The van der Waals surface area contributed by atoms with Gasteiger partial charge in [0.1, 0.15) is 24.5 Å². The average molecular weight is 317 g/mol. The number of benzene rings is 1. The van der Waals surface area contributed by atoms with Crippen LogP contribution in [0.15, 0.2) is 36.9 Å². The SMILES string of the molecule is NC(=O)[C@H](c1ccc(F)cc1)N1CCC[C@@H](Cn2cncn2)C1. The number of aromatic nitrogens is 3. The summed E-state index contributed by atoms with van der Waals surface area (Å²) in [4.78, 5) is 18.0. The maximum atomic E-state index is 13.1. The molecule has 6 nitrogen and oxygen atoms in total. The summed E-state index contributed by atoms with van der Waals surface area (Å²) < 4.78 is 14.9. The van der Waals surface area contributed by atoms with Gasteiger partial charge in [-0.05, 0) is 43.0 Å². The molecular formula is C16H20FN5O. The Bertz CT molecular complexity index is 643. The van der Waals surface area contributed by atoms with Crippen LogP contribution in [0.2, 0.25) is 0 Å². The van der Waals surface area contributed by atoms with E-state index in [0.717, 1.165) is 38.0 Å². The minimum atomic E-state index is -0.519. The van der Waals surface area contributed by atoms with Gasteiger partial charge in [-0.2, -0.15) is 5.10 Å². The van der Waals surface area contributed by atoms with Crippen LogP contribution in [0.3, 0.4) is 0 Å². The van der Waals surface area contributed by atoms with Crippen LogP contribution >= 0.6 is 0 Å². The first-order chi connectivity index (χ1) is 11.1. The molecule has 23 heavy (non-hydrogen) atoms. The van der Waals surface area contributed by atoms with E-state index >= 15 is 0 Å².